The summed E-state index contributed by atoms with van der Waals surface area (Å²) in [5.74, 6) is 0. The molecule has 0 radical (unpaired) electrons. The van der Waals surface area contributed by atoms with Gasteiger partial charge in [0, 0.05) is 5.02 Å². The quantitative estimate of drug-likeness (QED) is 0.510. The molecule has 21 heavy (non-hydrogen) atoms. The number of nitrogens with one attached hydrogen (secondary N) is 2. The highest BCUT2D eigenvalue weighted by atomic mass is 35.5. The molecular formula is C16H16ClN3S. The zero-order valence-electron chi connectivity index (χ0n) is 11.6. The average molecular weight is 318 g/mol. The topological polar surface area (TPSA) is 36.4 Å². The van der Waals surface area contributed by atoms with Crippen LogP contribution in [0.4, 0.5) is 0 Å². The van der Waals surface area contributed by atoms with E-state index in [2.05, 4.69) is 28.0 Å². The van der Waals surface area contributed by atoms with Gasteiger partial charge in [-0.25, -0.2) is 0 Å². The van der Waals surface area contributed by atoms with Gasteiger partial charge in [-0.3, -0.25) is 5.43 Å². The fourth-order valence-electron chi connectivity index (χ4n) is 1.77. The van der Waals surface area contributed by atoms with Crippen molar-refractivity contribution in [2.45, 2.75) is 13.0 Å². The Morgan fingerprint density at radius 3 is 2.48 bits per heavy atom. The summed E-state index contributed by atoms with van der Waals surface area (Å²) in [7, 11) is 0. The van der Waals surface area contributed by atoms with E-state index in [1.165, 1.54) is 5.56 Å². The van der Waals surface area contributed by atoms with Crippen LogP contribution in [-0.2, 0) is 0 Å². The third-order valence-corrected chi connectivity index (χ3v) is 3.36. The van der Waals surface area contributed by atoms with Crippen LogP contribution in [0.15, 0.2) is 59.7 Å². The first-order valence-electron chi connectivity index (χ1n) is 6.55. The van der Waals surface area contributed by atoms with Crippen molar-refractivity contribution in [3.05, 3.63) is 70.7 Å². The third kappa shape index (κ3) is 5.17. The molecule has 1 atom stereocenters. The van der Waals surface area contributed by atoms with Gasteiger partial charge >= 0.3 is 0 Å². The van der Waals surface area contributed by atoms with Gasteiger partial charge in [0.2, 0.25) is 0 Å². The summed E-state index contributed by atoms with van der Waals surface area (Å²) in [6.07, 6.45) is 1.69. The van der Waals surface area contributed by atoms with Gasteiger partial charge in [0.05, 0.1) is 12.3 Å². The van der Waals surface area contributed by atoms with Crippen molar-refractivity contribution in [1.82, 2.24) is 10.7 Å². The SMILES string of the molecule is C[C@H](NC(=S)N/N=C/c1ccc(Cl)cc1)c1ccccc1. The van der Waals surface area contributed by atoms with Crippen molar-refractivity contribution >= 4 is 35.1 Å². The number of hydrogen-bond acceptors (Lipinski definition) is 2. The number of hydrazone groups is 1. The van der Waals surface area contributed by atoms with Crippen molar-refractivity contribution in [2.24, 2.45) is 5.10 Å². The molecule has 0 bridgehead atoms. The molecule has 0 saturated heterocycles. The molecule has 0 unspecified atom stereocenters. The van der Waals surface area contributed by atoms with Gasteiger partial charge in [-0.2, -0.15) is 5.10 Å². The Hall–Kier alpha value is -1.91. The van der Waals surface area contributed by atoms with E-state index in [-0.39, 0.29) is 6.04 Å². The summed E-state index contributed by atoms with van der Waals surface area (Å²) in [5, 5.41) is 8.46. The number of rotatable bonds is 4. The van der Waals surface area contributed by atoms with E-state index in [9.17, 15) is 0 Å². The normalized spacial score (nSPS) is 12.1. The maximum atomic E-state index is 5.82. The third-order valence-electron chi connectivity index (χ3n) is 2.90. The summed E-state index contributed by atoms with van der Waals surface area (Å²) in [4.78, 5) is 0. The monoisotopic (exact) mass is 317 g/mol. The minimum absolute atomic E-state index is 0.122. The second-order valence-electron chi connectivity index (χ2n) is 4.53. The number of nitrogens with zero attached hydrogens (tertiary/aromatic N) is 1. The standard InChI is InChI=1S/C16H16ClN3S/c1-12(14-5-3-2-4-6-14)19-16(21)20-18-11-13-7-9-15(17)10-8-13/h2-12H,1H3,(H2,19,20,21)/b18-11+/t12-/m0/s1. The van der Waals surface area contributed by atoms with Crippen LogP contribution in [0.2, 0.25) is 5.02 Å². The molecule has 2 N–H and O–H groups in total. The first-order chi connectivity index (χ1) is 10.1. The first kappa shape index (κ1) is 15.5. The second kappa shape index (κ2) is 7.76. The number of halogens is 1. The van der Waals surface area contributed by atoms with Gasteiger partial charge in [-0.15, -0.1) is 0 Å². The van der Waals surface area contributed by atoms with Gasteiger partial charge < -0.3 is 5.32 Å². The Labute approximate surface area is 135 Å². The first-order valence-corrected chi connectivity index (χ1v) is 7.34. The number of benzene rings is 2. The van der Waals surface area contributed by atoms with Crippen LogP contribution in [0.1, 0.15) is 24.1 Å². The van der Waals surface area contributed by atoms with Crippen LogP contribution in [-0.4, -0.2) is 11.3 Å². The van der Waals surface area contributed by atoms with Crippen LogP contribution in [0.25, 0.3) is 0 Å². The molecule has 0 aliphatic rings. The van der Waals surface area contributed by atoms with E-state index in [1.54, 1.807) is 6.21 Å². The predicted octanol–water partition coefficient (Wildman–Crippen LogP) is 3.90. The van der Waals surface area contributed by atoms with Crippen molar-refractivity contribution in [3.8, 4) is 0 Å². The molecule has 2 aromatic carbocycles. The largest absolute Gasteiger partial charge is 0.355 e. The van der Waals surface area contributed by atoms with Gasteiger partial charge in [0.25, 0.3) is 0 Å². The van der Waals surface area contributed by atoms with Gasteiger partial charge in [0.1, 0.15) is 0 Å². The van der Waals surface area contributed by atoms with Gasteiger partial charge in [-0.05, 0) is 42.4 Å². The van der Waals surface area contributed by atoms with Crippen LogP contribution >= 0.6 is 23.8 Å². The highest BCUT2D eigenvalue weighted by molar-refractivity contribution is 7.80. The lowest BCUT2D eigenvalue weighted by molar-refractivity contribution is 0.704. The molecule has 0 amide bonds. The fraction of sp³-hybridized carbons (Fsp3) is 0.125. The minimum atomic E-state index is 0.122. The Morgan fingerprint density at radius 1 is 1.14 bits per heavy atom. The van der Waals surface area contributed by atoms with E-state index in [0.29, 0.717) is 10.1 Å². The van der Waals surface area contributed by atoms with Crippen LogP contribution in [0.5, 0.6) is 0 Å². The molecule has 0 heterocycles. The smallest absolute Gasteiger partial charge is 0.187 e. The fourth-order valence-corrected chi connectivity index (χ4v) is 2.12. The maximum Gasteiger partial charge on any atom is 0.187 e. The van der Waals surface area contributed by atoms with Crippen LogP contribution in [0, 0.1) is 0 Å². The highest BCUT2D eigenvalue weighted by Gasteiger charge is 2.05. The Bertz CT molecular complexity index is 611. The summed E-state index contributed by atoms with van der Waals surface area (Å²) >= 11 is 11.0. The minimum Gasteiger partial charge on any atom is -0.355 e. The van der Waals surface area contributed by atoms with Crippen molar-refractivity contribution in [2.75, 3.05) is 0 Å². The molecule has 0 aromatic heterocycles. The highest BCUT2D eigenvalue weighted by Crippen LogP contribution is 2.10. The molecule has 2 rings (SSSR count). The molecule has 108 valence electrons. The van der Waals surface area contributed by atoms with Crippen molar-refractivity contribution in [3.63, 3.8) is 0 Å². The van der Waals surface area contributed by atoms with Gasteiger partial charge in [0.15, 0.2) is 5.11 Å². The summed E-state index contributed by atoms with van der Waals surface area (Å²) < 4.78 is 0. The van der Waals surface area contributed by atoms with E-state index in [4.69, 9.17) is 23.8 Å². The molecule has 5 heteroatoms. The van der Waals surface area contributed by atoms with E-state index in [1.807, 2.05) is 49.4 Å². The lowest BCUT2D eigenvalue weighted by Crippen LogP contribution is -2.34. The molecule has 0 saturated carbocycles. The van der Waals surface area contributed by atoms with Crippen molar-refractivity contribution in [1.29, 1.82) is 0 Å². The molecule has 3 nitrogen and oxygen atoms in total. The summed E-state index contributed by atoms with van der Waals surface area (Å²) in [5.41, 5.74) is 4.92. The molecule has 0 spiro atoms. The van der Waals surface area contributed by atoms with E-state index < -0.39 is 0 Å². The Kier molecular flexibility index (Phi) is 5.72. The number of thiocarbonyl (C=S) groups is 1. The van der Waals surface area contributed by atoms with Crippen LogP contribution in [0.3, 0.4) is 0 Å². The second-order valence-corrected chi connectivity index (χ2v) is 5.37. The maximum absolute atomic E-state index is 5.82. The molecule has 0 fully saturated rings. The average Bonchev–Trinajstić information content (AvgIpc) is 2.50. The zero-order chi connectivity index (χ0) is 15.1. The predicted molar refractivity (Wildman–Crippen MR) is 92.8 cm³/mol. The Morgan fingerprint density at radius 2 is 1.81 bits per heavy atom. The molecule has 2 aromatic rings. The number of hydrogen-bond donors (Lipinski definition) is 2. The van der Waals surface area contributed by atoms with Crippen molar-refractivity contribution < 1.29 is 0 Å². The molecule has 0 aliphatic heterocycles. The Balaban J connectivity index is 1.83. The van der Waals surface area contributed by atoms with Gasteiger partial charge in [-0.1, -0.05) is 54.1 Å². The van der Waals surface area contributed by atoms with E-state index in [0.717, 1.165) is 5.56 Å². The lowest BCUT2D eigenvalue weighted by Gasteiger charge is -2.15. The summed E-state index contributed by atoms with van der Waals surface area (Å²) in [6, 6.07) is 17.6. The van der Waals surface area contributed by atoms with Crippen LogP contribution < -0.4 is 10.7 Å². The molecular weight excluding hydrogens is 302 g/mol. The summed E-state index contributed by atoms with van der Waals surface area (Å²) in [6.45, 7) is 2.05. The van der Waals surface area contributed by atoms with E-state index >= 15 is 0 Å². The zero-order valence-corrected chi connectivity index (χ0v) is 13.2. The molecule has 0 aliphatic carbocycles. The lowest BCUT2D eigenvalue weighted by atomic mass is 10.1.